The van der Waals surface area contributed by atoms with Crippen LogP contribution >= 0.6 is 34.8 Å². The molecule has 0 aliphatic heterocycles. The highest BCUT2D eigenvalue weighted by Gasteiger charge is 2.01. The Morgan fingerprint density at radius 2 is 1.67 bits per heavy atom. The normalized spacial score (nSPS) is 10.4. The number of benzene rings is 2. The molecular weight excluding hydrogens is 289 g/mol. The molecule has 2 aromatic rings. The number of hydrogen-bond donors (Lipinski definition) is 1. The second-order valence-corrected chi connectivity index (χ2v) is 5.29. The van der Waals surface area contributed by atoms with E-state index in [9.17, 15) is 0 Å². The topological polar surface area (TPSA) is 12.0 Å². The molecule has 0 atom stereocenters. The van der Waals surface area contributed by atoms with Gasteiger partial charge in [0, 0.05) is 17.3 Å². The predicted octanol–water partition coefficient (Wildman–Crippen LogP) is 5.57. The van der Waals surface area contributed by atoms with Gasteiger partial charge < -0.3 is 5.32 Å². The first kappa shape index (κ1) is 13.5. The standard InChI is InChI=1S/C14H12Cl3N/c1-9-2-3-10(6-13(9)16)8-18-11-4-5-12(15)14(17)7-11/h2-7,18H,8H2,1H3. The van der Waals surface area contributed by atoms with Crippen molar-refractivity contribution in [3.8, 4) is 0 Å². The molecule has 0 aliphatic rings. The fourth-order valence-corrected chi connectivity index (χ4v) is 2.06. The lowest BCUT2D eigenvalue weighted by atomic mass is 10.1. The van der Waals surface area contributed by atoms with Gasteiger partial charge in [0.1, 0.15) is 0 Å². The summed E-state index contributed by atoms with van der Waals surface area (Å²) in [6.45, 7) is 2.68. The first-order chi connectivity index (χ1) is 8.56. The summed E-state index contributed by atoms with van der Waals surface area (Å²) in [6, 6.07) is 11.5. The van der Waals surface area contributed by atoms with Crippen molar-refractivity contribution in [1.82, 2.24) is 0 Å². The molecule has 0 aromatic heterocycles. The fraction of sp³-hybridized carbons (Fsp3) is 0.143. The summed E-state index contributed by atoms with van der Waals surface area (Å²) in [4.78, 5) is 0. The highest BCUT2D eigenvalue weighted by Crippen LogP contribution is 2.25. The Bertz CT molecular complexity index is 515. The average Bonchev–Trinajstić information content (AvgIpc) is 2.35. The van der Waals surface area contributed by atoms with E-state index in [0.717, 1.165) is 21.8 Å². The summed E-state index contributed by atoms with van der Waals surface area (Å²) < 4.78 is 0. The molecular formula is C14H12Cl3N. The molecule has 0 unspecified atom stereocenters. The Morgan fingerprint density at radius 1 is 0.889 bits per heavy atom. The summed E-state index contributed by atoms with van der Waals surface area (Å²) in [6.07, 6.45) is 0. The molecule has 0 saturated heterocycles. The average molecular weight is 301 g/mol. The zero-order chi connectivity index (χ0) is 13.1. The van der Waals surface area contributed by atoms with Gasteiger partial charge in [-0.15, -0.1) is 0 Å². The molecule has 4 heteroatoms. The molecule has 94 valence electrons. The van der Waals surface area contributed by atoms with Crippen LogP contribution in [0.25, 0.3) is 0 Å². The lowest BCUT2D eigenvalue weighted by Crippen LogP contribution is -1.99. The Labute approximate surface area is 122 Å². The molecule has 1 nitrogen and oxygen atoms in total. The van der Waals surface area contributed by atoms with E-state index in [1.165, 1.54) is 0 Å². The quantitative estimate of drug-likeness (QED) is 0.781. The number of nitrogens with one attached hydrogen (secondary N) is 1. The molecule has 0 saturated carbocycles. The van der Waals surface area contributed by atoms with Gasteiger partial charge in [0.15, 0.2) is 0 Å². The van der Waals surface area contributed by atoms with Crippen molar-refractivity contribution in [2.75, 3.05) is 5.32 Å². The minimum absolute atomic E-state index is 0.545. The molecule has 0 fully saturated rings. The minimum atomic E-state index is 0.545. The van der Waals surface area contributed by atoms with Gasteiger partial charge in [0.2, 0.25) is 0 Å². The van der Waals surface area contributed by atoms with Gasteiger partial charge in [-0.1, -0.05) is 46.9 Å². The molecule has 1 N–H and O–H groups in total. The summed E-state index contributed by atoms with van der Waals surface area (Å²) >= 11 is 17.9. The molecule has 0 amide bonds. The second kappa shape index (κ2) is 5.83. The van der Waals surface area contributed by atoms with Crippen LogP contribution in [0.5, 0.6) is 0 Å². The maximum Gasteiger partial charge on any atom is 0.0612 e. The van der Waals surface area contributed by atoms with E-state index < -0.39 is 0 Å². The van der Waals surface area contributed by atoms with Crippen molar-refractivity contribution in [1.29, 1.82) is 0 Å². The number of rotatable bonds is 3. The Hall–Kier alpha value is -0.890. The molecule has 2 aromatic carbocycles. The maximum atomic E-state index is 6.08. The number of aryl methyl sites for hydroxylation is 1. The Kier molecular flexibility index (Phi) is 4.39. The van der Waals surface area contributed by atoms with Crippen LogP contribution in [0.1, 0.15) is 11.1 Å². The number of anilines is 1. The summed E-state index contributed by atoms with van der Waals surface area (Å²) in [5.41, 5.74) is 3.13. The van der Waals surface area contributed by atoms with Gasteiger partial charge >= 0.3 is 0 Å². The zero-order valence-electron chi connectivity index (χ0n) is 9.81. The molecule has 0 radical (unpaired) electrons. The zero-order valence-corrected chi connectivity index (χ0v) is 12.1. The first-order valence-corrected chi connectivity index (χ1v) is 6.63. The minimum Gasteiger partial charge on any atom is -0.381 e. The van der Waals surface area contributed by atoms with E-state index in [1.54, 1.807) is 12.1 Å². The van der Waals surface area contributed by atoms with E-state index in [1.807, 2.05) is 31.2 Å². The van der Waals surface area contributed by atoms with Crippen LogP contribution in [-0.2, 0) is 6.54 Å². The van der Waals surface area contributed by atoms with E-state index in [4.69, 9.17) is 34.8 Å². The first-order valence-electron chi connectivity index (χ1n) is 5.50. The molecule has 0 aliphatic carbocycles. The van der Waals surface area contributed by atoms with E-state index in [-0.39, 0.29) is 0 Å². The van der Waals surface area contributed by atoms with Crippen LogP contribution in [0.3, 0.4) is 0 Å². The Morgan fingerprint density at radius 3 is 2.33 bits per heavy atom. The van der Waals surface area contributed by atoms with Crippen molar-refractivity contribution < 1.29 is 0 Å². The van der Waals surface area contributed by atoms with Crippen LogP contribution in [0, 0.1) is 6.92 Å². The smallest absolute Gasteiger partial charge is 0.0612 e. The summed E-state index contributed by atoms with van der Waals surface area (Å²) in [5, 5.41) is 5.16. The Balaban J connectivity index is 2.06. The van der Waals surface area contributed by atoms with Crippen molar-refractivity contribution in [3.05, 3.63) is 62.6 Å². The van der Waals surface area contributed by atoms with Crippen molar-refractivity contribution >= 4 is 40.5 Å². The van der Waals surface area contributed by atoms with Gasteiger partial charge in [-0.05, 0) is 42.3 Å². The third-order valence-electron chi connectivity index (χ3n) is 2.65. The van der Waals surface area contributed by atoms with Gasteiger partial charge in [-0.25, -0.2) is 0 Å². The summed E-state index contributed by atoms with van der Waals surface area (Å²) in [7, 11) is 0. The number of hydrogen-bond acceptors (Lipinski definition) is 1. The third-order valence-corrected chi connectivity index (χ3v) is 3.80. The highest BCUT2D eigenvalue weighted by atomic mass is 35.5. The molecule has 0 bridgehead atoms. The third kappa shape index (κ3) is 3.32. The largest absolute Gasteiger partial charge is 0.381 e. The van der Waals surface area contributed by atoms with E-state index >= 15 is 0 Å². The lowest BCUT2D eigenvalue weighted by Gasteiger charge is -2.08. The second-order valence-electron chi connectivity index (χ2n) is 4.07. The maximum absolute atomic E-state index is 6.08. The lowest BCUT2D eigenvalue weighted by molar-refractivity contribution is 1.14. The monoisotopic (exact) mass is 299 g/mol. The van der Waals surface area contributed by atoms with Crippen molar-refractivity contribution in [2.45, 2.75) is 13.5 Å². The van der Waals surface area contributed by atoms with Gasteiger partial charge in [-0.2, -0.15) is 0 Å². The molecule has 0 heterocycles. The van der Waals surface area contributed by atoms with E-state index in [0.29, 0.717) is 16.6 Å². The fourth-order valence-electron chi connectivity index (χ4n) is 1.56. The van der Waals surface area contributed by atoms with Crippen LogP contribution < -0.4 is 5.32 Å². The van der Waals surface area contributed by atoms with E-state index in [2.05, 4.69) is 5.32 Å². The molecule has 18 heavy (non-hydrogen) atoms. The number of halogens is 3. The van der Waals surface area contributed by atoms with Gasteiger partial charge in [0.25, 0.3) is 0 Å². The molecule has 0 spiro atoms. The van der Waals surface area contributed by atoms with Gasteiger partial charge in [-0.3, -0.25) is 0 Å². The van der Waals surface area contributed by atoms with Gasteiger partial charge in [0.05, 0.1) is 10.0 Å². The van der Waals surface area contributed by atoms with Crippen LogP contribution in [0.4, 0.5) is 5.69 Å². The SMILES string of the molecule is Cc1ccc(CNc2ccc(Cl)c(Cl)c2)cc1Cl. The van der Waals surface area contributed by atoms with Crippen LogP contribution in [-0.4, -0.2) is 0 Å². The van der Waals surface area contributed by atoms with Crippen molar-refractivity contribution in [2.24, 2.45) is 0 Å². The predicted molar refractivity (Wildman–Crippen MR) is 80.0 cm³/mol. The van der Waals surface area contributed by atoms with Crippen LogP contribution in [0.15, 0.2) is 36.4 Å². The highest BCUT2D eigenvalue weighted by molar-refractivity contribution is 6.42. The van der Waals surface area contributed by atoms with Crippen molar-refractivity contribution in [3.63, 3.8) is 0 Å². The van der Waals surface area contributed by atoms with Crippen LogP contribution in [0.2, 0.25) is 15.1 Å². The molecule has 2 rings (SSSR count). The summed E-state index contributed by atoms with van der Waals surface area (Å²) in [5.74, 6) is 0.